The molecule has 1 unspecified atom stereocenters. The van der Waals surface area contributed by atoms with Gasteiger partial charge >= 0.3 is 0 Å². The first-order chi connectivity index (χ1) is 6.86. The van der Waals surface area contributed by atoms with E-state index in [9.17, 15) is 0 Å². The largest absolute Gasteiger partial charge is 0.360 e. The molecule has 2 aromatic heterocycles. The van der Waals surface area contributed by atoms with Crippen LogP contribution in [0, 0.1) is 0 Å². The zero-order chi connectivity index (χ0) is 9.80. The van der Waals surface area contributed by atoms with Gasteiger partial charge in [0.15, 0.2) is 0 Å². The molecule has 0 amide bonds. The molecule has 2 rings (SSSR count). The first-order valence-corrected chi connectivity index (χ1v) is 4.38. The highest BCUT2D eigenvalue weighted by Gasteiger charge is 2.06. The molecule has 5 heteroatoms. The molecule has 72 valence electrons. The van der Waals surface area contributed by atoms with E-state index in [4.69, 9.17) is 0 Å². The highest BCUT2D eigenvalue weighted by atomic mass is 15.1. The minimum atomic E-state index is 0.111. The highest BCUT2D eigenvalue weighted by Crippen LogP contribution is 2.12. The van der Waals surface area contributed by atoms with Crippen molar-refractivity contribution in [3.05, 3.63) is 36.8 Å². The molecule has 0 spiro atoms. The molecule has 2 heterocycles. The second-order valence-corrected chi connectivity index (χ2v) is 2.94. The Bertz CT molecular complexity index is 369. The number of nitrogens with one attached hydrogen (secondary N) is 2. The molecule has 2 N–H and O–H groups in total. The van der Waals surface area contributed by atoms with Crippen molar-refractivity contribution in [2.75, 3.05) is 5.32 Å². The van der Waals surface area contributed by atoms with Crippen LogP contribution in [0.2, 0.25) is 0 Å². The average Bonchev–Trinajstić information content (AvgIpc) is 2.72. The van der Waals surface area contributed by atoms with Crippen LogP contribution in [0.25, 0.3) is 0 Å². The van der Waals surface area contributed by atoms with Gasteiger partial charge < -0.3 is 10.3 Å². The second-order valence-electron chi connectivity index (χ2n) is 2.94. The number of imidazole rings is 1. The van der Waals surface area contributed by atoms with Crippen LogP contribution in [0.1, 0.15) is 18.8 Å². The number of aromatic nitrogens is 4. The van der Waals surface area contributed by atoms with E-state index in [0.717, 1.165) is 11.6 Å². The van der Waals surface area contributed by atoms with Crippen LogP contribution in [-0.2, 0) is 0 Å². The van der Waals surface area contributed by atoms with Crippen molar-refractivity contribution < 1.29 is 0 Å². The number of anilines is 1. The third-order valence-electron chi connectivity index (χ3n) is 1.88. The molecule has 1 atom stereocenters. The smallest absolute Gasteiger partial charge is 0.129 e. The molecule has 14 heavy (non-hydrogen) atoms. The summed E-state index contributed by atoms with van der Waals surface area (Å²) < 4.78 is 0. The Morgan fingerprint density at radius 1 is 1.36 bits per heavy atom. The second kappa shape index (κ2) is 3.87. The van der Waals surface area contributed by atoms with Gasteiger partial charge in [0.05, 0.1) is 6.04 Å². The lowest BCUT2D eigenvalue weighted by molar-refractivity contribution is 0.802. The van der Waals surface area contributed by atoms with Crippen molar-refractivity contribution in [3.8, 4) is 0 Å². The number of H-pyrrole nitrogens is 1. The maximum Gasteiger partial charge on any atom is 0.129 e. The van der Waals surface area contributed by atoms with E-state index in [2.05, 4.69) is 25.3 Å². The SMILES string of the molecule is CC(Nc1ccncn1)c1ncc[nH]1. The van der Waals surface area contributed by atoms with Crippen molar-refractivity contribution in [3.63, 3.8) is 0 Å². The zero-order valence-electron chi connectivity index (χ0n) is 7.81. The fraction of sp³-hybridized carbons (Fsp3) is 0.222. The molecular weight excluding hydrogens is 178 g/mol. The van der Waals surface area contributed by atoms with Crippen LogP contribution in [-0.4, -0.2) is 19.9 Å². The number of aromatic amines is 1. The summed E-state index contributed by atoms with van der Waals surface area (Å²) in [5, 5.41) is 3.20. The summed E-state index contributed by atoms with van der Waals surface area (Å²) in [6.07, 6.45) is 6.74. The minimum Gasteiger partial charge on any atom is -0.360 e. The van der Waals surface area contributed by atoms with Gasteiger partial charge in [-0.3, -0.25) is 0 Å². The molecule has 2 aromatic rings. The minimum absolute atomic E-state index is 0.111. The van der Waals surface area contributed by atoms with Gasteiger partial charge in [-0.2, -0.15) is 0 Å². The van der Waals surface area contributed by atoms with Crippen molar-refractivity contribution in [2.45, 2.75) is 13.0 Å². The van der Waals surface area contributed by atoms with Gasteiger partial charge in [0, 0.05) is 18.6 Å². The van der Waals surface area contributed by atoms with E-state index in [-0.39, 0.29) is 6.04 Å². The molecule has 5 nitrogen and oxygen atoms in total. The molecule has 0 aliphatic carbocycles. The Balaban J connectivity index is 2.06. The van der Waals surface area contributed by atoms with Crippen LogP contribution >= 0.6 is 0 Å². The fourth-order valence-corrected chi connectivity index (χ4v) is 1.18. The molecule has 0 bridgehead atoms. The Hall–Kier alpha value is -1.91. The lowest BCUT2D eigenvalue weighted by Gasteiger charge is -2.10. The summed E-state index contributed by atoms with van der Waals surface area (Å²) in [4.78, 5) is 15.1. The Morgan fingerprint density at radius 2 is 2.29 bits per heavy atom. The molecule has 0 fully saturated rings. The quantitative estimate of drug-likeness (QED) is 0.765. The molecule has 0 saturated carbocycles. The zero-order valence-corrected chi connectivity index (χ0v) is 7.81. The summed E-state index contributed by atoms with van der Waals surface area (Å²) in [5.41, 5.74) is 0. The summed E-state index contributed by atoms with van der Waals surface area (Å²) in [5.74, 6) is 1.69. The normalized spacial score (nSPS) is 12.4. The van der Waals surface area contributed by atoms with E-state index < -0.39 is 0 Å². The average molecular weight is 189 g/mol. The maximum absolute atomic E-state index is 4.15. The molecule has 0 saturated heterocycles. The van der Waals surface area contributed by atoms with Gasteiger partial charge in [-0.05, 0) is 13.0 Å². The van der Waals surface area contributed by atoms with Gasteiger partial charge in [-0.15, -0.1) is 0 Å². The maximum atomic E-state index is 4.15. The van der Waals surface area contributed by atoms with Gasteiger partial charge in [0.25, 0.3) is 0 Å². The number of rotatable bonds is 3. The first kappa shape index (κ1) is 8.68. The van der Waals surface area contributed by atoms with Crippen LogP contribution in [0.3, 0.4) is 0 Å². The van der Waals surface area contributed by atoms with E-state index in [1.165, 1.54) is 6.33 Å². The summed E-state index contributed by atoms with van der Waals surface area (Å²) in [6, 6.07) is 1.93. The van der Waals surface area contributed by atoms with Crippen molar-refractivity contribution in [1.82, 2.24) is 19.9 Å². The van der Waals surface area contributed by atoms with Gasteiger partial charge in [0.1, 0.15) is 18.0 Å². The lowest BCUT2D eigenvalue weighted by Crippen LogP contribution is -2.09. The van der Waals surface area contributed by atoms with Crippen molar-refractivity contribution in [2.24, 2.45) is 0 Å². The van der Waals surface area contributed by atoms with E-state index in [0.29, 0.717) is 0 Å². The first-order valence-electron chi connectivity index (χ1n) is 4.38. The third-order valence-corrected chi connectivity index (χ3v) is 1.88. The summed E-state index contributed by atoms with van der Waals surface area (Å²) in [6.45, 7) is 2.01. The van der Waals surface area contributed by atoms with Gasteiger partial charge in [-0.25, -0.2) is 15.0 Å². The van der Waals surface area contributed by atoms with Crippen molar-refractivity contribution in [1.29, 1.82) is 0 Å². The van der Waals surface area contributed by atoms with E-state index in [1.54, 1.807) is 18.6 Å². The standard InChI is InChI=1S/C9H11N5/c1-7(9-11-4-5-12-9)14-8-2-3-10-6-13-8/h2-7H,1H3,(H,11,12)(H,10,13,14). The number of hydrogen-bond donors (Lipinski definition) is 2. The van der Waals surface area contributed by atoms with Gasteiger partial charge in [-0.1, -0.05) is 0 Å². The predicted octanol–water partition coefficient (Wildman–Crippen LogP) is 1.37. The summed E-state index contributed by atoms with van der Waals surface area (Å²) in [7, 11) is 0. The number of hydrogen-bond acceptors (Lipinski definition) is 4. The summed E-state index contributed by atoms with van der Waals surface area (Å²) >= 11 is 0. The molecule has 0 aliphatic rings. The monoisotopic (exact) mass is 189 g/mol. The Labute approximate surface area is 81.6 Å². The molecule has 0 aromatic carbocycles. The molecule has 0 aliphatic heterocycles. The van der Waals surface area contributed by atoms with Crippen LogP contribution in [0.5, 0.6) is 0 Å². The van der Waals surface area contributed by atoms with Crippen molar-refractivity contribution >= 4 is 5.82 Å². The highest BCUT2D eigenvalue weighted by molar-refractivity contribution is 5.33. The predicted molar refractivity (Wildman–Crippen MR) is 52.7 cm³/mol. The molecular formula is C9H11N5. The van der Waals surface area contributed by atoms with Gasteiger partial charge in [0.2, 0.25) is 0 Å². The van der Waals surface area contributed by atoms with Crippen LogP contribution in [0.15, 0.2) is 31.0 Å². The Morgan fingerprint density at radius 3 is 2.93 bits per heavy atom. The third kappa shape index (κ3) is 1.87. The van der Waals surface area contributed by atoms with Crippen LogP contribution in [0.4, 0.5) is 5.82 Å². The Kier molecular flexibility index (Phi) is 2.40. The number of nitrogens with zero attached hydrogens (tertiary/aromatic N) is 3. The van der Waals surface area contributed by atoms with Crippen LogP contribution < -0.4 is 5.32 Å². The van der Waals surface area contributed by atoms with E-state index in [1.807, 2.05) is 13.0 Å². The lowest BCUT2D eigenvalue weighted by atomic mass is 10.3. The van der Waals surface area contributed by atoms with E-state index >= 15 is 0 Å². The topological polar surface area (TPSA) is 66.5 Å². The fourth-order valence-electron chi connectivity index (χ4n) is 1.18. The molecule has 0 radical (unpaired) electrons.